The van der Waals surface area contributed by atoms with E-state index in [-0.39, 0.29) is 12.5 Å². The minimum atomic E-state index is -0.443. The largest absolute Gasteiger partial charge is 0.376 e. The molecule has 3 N–H and O–H groups in total. The Kier molecular flexibility index (Phi) is 5.33. The molecular weight excluding hydrogens is 320 g/mol. The number of carbonyl (C=O) groups excluding carboxylic acids is 2. The molecule has 2 aromatic rings. The average Bonchev–Trinajstić information content (AvgIpc) is 3.26. The van der Waals surface area contributed by atoms with Gasteiger partial charge in [-0.1, -0.05) is 25.8 Å². The third-order valence-corrected chi connectivity index (χ3v) is 4.74. The van der Waals surface area contributed by atoms with Crippen molar-refractivity contribution in [3.63, 3.8) is 0 Å². The van der Waals surface area contributed by atoms with Crippen LogP contribution in [0.4, 0.5) is 0 Å². The molecule has 0 bridgehead atoms. The summed E-state index contributed by atoms with van der Waals surface area (Å²) in [4.78, 5) is 23.7. The van der Waals surface area contributed by atoms with Crippen molar-refractivity contribution in [3.05, 3.63) is 29.5 Å². The molecule has 7 heteroatoms. The Morgan fingerprint density at radius 1 is 1.28 bits per heavy atom. The number of benzene rings is 1. The van der Waals surface area contributed by atoms with Gasteiger partial charge in [-0.2, -0.15) is 5.10 Å². The van der Waals surface area contributed by atoms with Gasteiger partial charge in [-0.05, 0) is 31.4 Å². The summed E-state index contributed by atoms with van der Waals surface area (Å²) in [5.41, 5.74) is 2.54. The number of aliphatic hydroxyl groups is 1. The van der Waals surface area contributed by atoms with Gasteiger partial charge in [0.25, 0.3) is 5.91 Å². The molecule has 0 atom stereocenters. The van der Waals surface area contributed by atoms with Crippen LogP contribution in [0.2, 0.25) is 0 Å². The first kappa shape index (κ1) is 17.4. The lowest BCUT2D eigenvalue weighted by atomic mass is 10.1. The van der Waals surface area contributed by atoms with Crippen LogP contribution in [0.25, 0.3) is 10.9 Å². The van der Waals surface area contributed by atoms with Gasteiger partial charge < -0.3 is 15.7 Å². The smallest absolute Gasteiger partial charge is 0.251 e. The fraction of sp³-hybridized carbons (Fsp3) is 0.500. The predicted molar refractivity (Wildman–Crippen MR) is 94.2 cm³/mol. The minimum Gasteiger partial charge on any atom is -0.376 e. The van der Waals surface area contributed by atoms with Crippen molar-refractivity contribution in [2.24, 2.45) is 0 Å². The second-order valence-corrected chi connectivity index (χ2v) is 6.36. The first-order valence-corrected chi connectivity index (χ1v) is 8.81. The molecule has 1 saturated carbocycles. The minimum absolute atomic E-state index is 0.167. The molecule has 1 aliphatic carbocycles. The number of aliphatic hydroxyl groups excluding tert-OH is 1. The van der Waals surface area contributed by atoms with Gasteiger partial charge in [0, 0.05) is 10.9 Å². The first-order chi connectivity index (χ1) is 12.1. The Morgan fingerprint density at radius 2 is 2.04 bits per heavy atom. The Hall–Kier alpha value is -2.41. The average molecular weight is 344 g/mol. The number of nitrogens with zero attached hydrogens (tertiary/aromatic N) is 2. The van der Waals surface area contributed by atoms with Gasteiger partial charge >= 0.3 is 0 Å². The maximum atomic E-state index is 12.3. The zero-order chi connectivity index (χ0) is 17.8. The van der Waals surface area contributed by atoms with Crippen LogP contribution < -0.4 is 10.6 Å². The summed E-state index contributed by atoms with van der Waals surface area (Å²) in [6.07, 6.45) is 5.53. The maximum absolute atomic E-state index is 12.3. The molecule has 0 aliphatic heterocycles. The van der Waals surface area contributed by atoms with Crippen LogP contribution in [0.3, 0.4) is 0 Å². The Labute approximate surface area is 146 Å². The van der Waals surface area contributed by atoms with E-state index in [2.05, 4.69) is 22.2 Å². The second kappa shape index (κ2) is 7.65. The molecule has 0 spiro atoms. The summed E-state index contributed by atoms with van der Waals surface area (Å²) in [7, 11) is 0. The van der Waals surface area contributed by atoms with Gasteiger partial charge in [0.15, 0.2) is 0 Å². The number of rotatable bonds is 6. The first-order valence-electron chi connectivity index (χ1n) is 8.81. The zero-order valence-electron chi connectivity index (χ0n) is 14.4. The van der Waals surface area contributed by atoms with Crippen LogP contribution in [0, 0.1) is 0 Å². The third-order valence-electron chi connectivity index (χ3n) is 4.74. The molecule has 0 radical (unpaired) electrons. The molecule has 0 saturated heterocycles. The fourth-order valence-corrected chi connectivity index (χ4v) is 3.45. The highest BCUT2D eigenvalue weighted by Gasteiger charge is 2.22. The molecule has 1 fully saturated rings. The highest BCUT2D eigenvalue weighted by molar-refractivity contribution is 5.99. The van der Waals surface area contributed by atoms with Crippen LogP contribution in [0.5, 0.6) is 0 Å². The van der Waals surface area contributed by atoms with Crippen LogP contribution in [-0.4, -0.2) is 40.0 Å². The van der Waals surface area contributed by atoms with Crippen molar-refractivity contribution in [1.82, 2.24) is 20.4 Å². The van der Waals surface area contributed by atoms with Crippen molar-refractivity contribution in [3.8, 4) is 0 Å². The van der Waals surface area contributed by atoms with Gasteiger partial charge in [-0.25, -0.2) is 0 Å². The molecule has 1 aliphatic rings. The van der Waals surface area contributed by atoms with Crippen molar-refractivity contribution >= 4 is 22.7 Å². The summed E-state index contributed by atoms with van der Waals surface area (Å²) < 4.78 is 2.08. The Bertz CT molecular complexity index is 778. The molecule has 7 nitrogen and oxygen atoms in total. The van der Waals surface area contributed by atoms with Gasteiger partial charge in [0.05, 0.1) is 23.8 Å². The van der Waals surface area contributed by atoms with Crippen LogP contribution in [0.15, 0.2) is 18.2 Å². The van der Waals surface area contributed by atoms with Gasteiger partial charge in [-0.3, -0.25) is 14.3 Å². The number of nitrogens with one attached hydrogen (secondary N) is 2. The number of hydrogen-bond donors (Lipinski definition) is 3. The Morgan fingerprint density at radius 3 is 2.72 bits per heavy atom. The van der Waals surface area contributed by atoms with Crippen LogP contribution in [-0.2, 0) is 11.2 Å². The topological polar surface area (TPSA) is 96.2 Å². The van der Waals surface area contributed by atoms with Crippen LogP contribution >= 0.6 is 0 Å². The van der Waals surface area contributed by atoms with Crippen LogP contribution in [0.1, 0.15) is 54.7 Å². The molecule has 134 valence electrons. The van der Waals surface area contributed by atoms with Crippen molar-refractivity contribution in [2.75, 3.05) is 13.3 Å². The van der Waals surface area contributed by atoms with E-state index in [1.165, 1.54) is 12.8 Å². The number of aryl methyl sites for hydroxylation is 1. The highest BCUT2D eigenvalue weighted by Crippen LogP contribution is 2.33. The summed E-state index contributed by atoms with van der Waals surface area (Å²) in [5, 5.41) is 19.3. The van der Waals surface area contributed by atoms with Gasteiger partial charge in [0.2, 0.25) is 5.91 Å². The van der Waals surface area contributed by atoms with Crippen molar-refractivity contribution < 1.29 is 14.7 Å². The van der Waals surface area contributed by atoms with E-state index < -0.39 is 12.6 Å². The summed E-state index contributed by atoms with van der Waals surface area (Å²) in [5.74, 6) is -0.742. The number of carbonyl (C=O) groups is 2. The SMILES string of the molecule is CCc1nn(C2CCCC2)c2cc(C(=O)NCC(=O)NCO)ccc12. The van der Waals surface area contributed by atoms with E-state index in [4.69, 9.17) is 10.2 Å². The van der Waals surface area contributed by atoms with E-state index >= 15 is 0 Å². The lowest BCUT2D eigenvalue weighted by Crippen LogP contribution is -2.37. The lowest BCUT2D eigenvalue weighted by Gasteiger charge is -2.12. The van der Waals surface area contributed by atoms with Gasteiger partial charge in [-0.15, -0.1) is 0 Å². The molecule has 1 aromatic heterocycles. The molecule has 1 heterocycles. The monoisotopic (exact) mass is 344 g/mol. The Balaban J connectivity index is 1.86. The standard InChI is InChI=1S/C18H24N4O3/c1-2-15-14-8-7-12(18(25)19-10-17(24)20-11-23)9-16(14)22(21-15)13-5-3-4-6-13/h7-9,13,23H,2-6,10-11H2,1H3,(H,19,25)(H,20,24). The highest BCUT2D eigenvalue weighted by atomic mass is 16.3. The van der Waals surface area contributed by atoms with E-state index in [1.54, 1.807) is 6.07 Å². The van der Waals surface area contributed by atoms with E-state index in [0.717, 1.165) is 35.9 Å². The molecule has 1 aromatic carbocycles. The normalized spacial score (nSPS) is 14.8. The summed E-state index contributed by atoms with van der Waals surface area (Å²) in [6.45, 7) is 1.47. The number of hydrogen-bond acceptors (Lipinski definition) is 4. The van der Waals surface area contributed by atoms with Gasteiger partial charge in [0.1, 0.15) is 6.73 Å². The molecule has 0 unspecified atom stereocenters. The molecule has 25 heavy (non-hydrogen) atoms. The van der Waals surface area contributed by atoms with Crippen molar-refractivity contribution in [1.29, 1.82) is 0 Å². The third kappa shape index (κ3) is 3.66. The molecular formula is C18H24N4O3. The molecule has 3 rings (SSSR count). The number of amides is 2. The number of aromatic nitrogens is 2. The quantitative estimate of drug-likeness (QED) is 0.692. The predicted octanol–water partition coefficient (Wildman–Crippen LogP) is 1.51. The van der Waals surface area contributed by atoms with E-state index in [0.29, 0.717) is 11.6 Å². The van der Waals surface area contributed by atoms with E-state index in [9.17, 15) is 9.59 Å². The number of fused-ring (bicyclic) bond motifs is 1. The lowest BCUT2D eigenvalue weighted by molar-refractivity contribution is -0.121. The van der Waals surface area contributed by atoms with E-state index in [1.807, 2.05) is 12.1 Å². The maximum Gasteiger partial charge on any atom is 0.251 e. The van der Waals surface area contributed by atoms with Crippen molar-refractivity contribution in [2.45, 2.75) is 45.1 Å². The zero-order valence-corrected chi connectivity index (χ0v) is 14.4. The summed E-state index contributed by atoms with van der Waals surface area (Å²) in [6, 6.07) is 5.96. The second-order valence-electron chi connectivity index (χ2n) is 6.36. The molecule has 2 amide bonds. The summed E-state index contributed by atoms with van der Waals surface area (Å²) >= 11 is 0. The fourth-order valence-electron chi connectivity index (χ4n) is 3.45.